The lowest BCUT2D eigenvalue weighted by atomic mass is 10.1. The summed E-state index contributed by atoms with van der Waals surface area (Å²) in [5, 5.41) is 4.73. The van der Waals surface area contributed by atoms with Crippen molar-refractivity contribution in [1.82, 2.24) is 9.29 Å². The summed E-state index contributed by atoms with van der Waals surface area (Å²) in [7, 11) is -2.32. The summed E-state index contributed by atoms with van der Waals surface area (Å²) in [5.74, 6) is -0.426. The van der Waals surface area contributed by atoms with Gasteiger partial charge >= 0.3 is 0 Å². The average molecular weight is 339 g/mol. The number of aryl methyl sites for hydroxylation is 2. The summed E-state index contributed by atoms with van der Waals surface area (Å²) in [6.45, 7) is 3.50. The molecule has 6 nitrogen and oxygen atoms in total. The predicted octanol–water partition coefficient (Wildman–Crippen LogP) is 2.02. The number of anilines is 1. The second-order valence-electron chi connectivity index (χ2n) is 4.89. The molecule has 0 saturated heterocycles. The first-order valence-electron chi connectivity index (χ1n) is 6.53. The van der Waals surface area contributed by atoms with E-state index in [0.29, 0.717) is 5.13 Å². The molecule has 1 N–H and O–H groups in total. The summed E-state index contributed by atoms with van der Waals surface area (Å²) < 4.78 is 26.0. The Labute approximate surface area is 133 Å². The van der Waals surface area contributed by atoms with Crippen molar-refractivity contribution < 1.29 is 13.2 Å². The van der Waals surface area contributed by atoms with E-state index >= 15 is 0 Å². The number of carbonyl (C=O) groups excluding carboxylic acids is 1. The maximum absolute atomic E-state index is 12.5. The van der Waals surface area contributed by atoms with Crippen molar-refractivity contribution in [2.24, 2.45) is 0 Å². The van der Waals surface area contributed by atoms with Crippen LogP contribution in [0.4, 0.5) is 5.13 Å². The number of likely N-dealkylation sites (N-methyl/N-ethyl adjacent to an activating group) is 1. The smallest absolute Gasteiger partial charge is 0.243 e. The Morgan fingerprint density at radius 3 is 2.64 bits per heavy atom. The third kappa shape index (κ3) is 3.70. The normalized spacial score (nSPS) is 11.6. The fraction of sp³-hybridized carbons (Fsp3) is 0.286. The number of aromatic nitrogens is 1. The van der Waals surface area contributed by atoms with Crippen LogP contribution in [-0.2, 0) is 14.8 Å². The summed E-state index contributed by atoms with van der Waals surface area (Å²) in [5.41, 5.74) is 1.91. The average Bonchev–Trinajstić information content (AvgIpc) is 2.94. The van der Waals surface area contributed by atoms with Crippen LogP contribution in [0.2, 0.25) is 0 Å². The van der Waals surface area contributed by atoms with Gasteiger partial charge in [-0.15, -0.1) is 11.3 Å². The van der Waals surface area contributed by atoms with Gasteiger partial charge in [-0.2, -0.15) is 4.31 Å². The molecule has 0 unspecified atom stereocenters. The molecule has 0 saturated carbocycles. The number of hydrogen-bond acceptors (Lipinski definition) is 5. The third-order valence-electron chi connectivity index (χ3n) is 3.23. The molecular weight excluding hydrogens is 322 g/mol. The van der Waals surface area contributed by atoms with Crippen LogP contribution in [0.15, 0.2) is 34.7 Å². The van der Waals surface area contributed by atoms with Crippen LogP contribution in [0.25, 0.3) is 0 Å². The molecule has 0 fully saturated rings. The molecule has 0 bridgehead atoms. The van der Waals surface area contributed by atoms with Crippen molar-refractivity contribution in [3.63, 3.8) is 0 Å². The Morgan fingerprint density at radius 1 is 1.32 bits per heavy atom. The highest BCUT2D eigenvalue weighted by atomic mass is 32.2. The van der Waals surface area contributed by atoms with E-state index in [4.69, 9.17) is 0 Å². The molecule has 0 aliphatic carbocycles. The summed E-state index contributed by atoms with van der Waals surface area (Å²) in [4.78, 5) is 16.0. The zero-order chi connectivity index (χ0) is 16.3. The lowest BCUT2D eigenvalue weighted by Gasteiger charge is -2.17. The van der Waals surface area contributed by atoms with Gasteiger partial charge in [0.25, 0.3) is 0 Å². The second kappa shape index (κ2) is 6.55. The maximum Gasteiger partial charge on any atom is 0.243 e. The van der Waals surface area contributed by atoms with Gasteiger partial charge in [-0.05, 0) is 37.1 Å². The highest BCUT2D eigenvalue weighted by molar-refractivity contribution is 7.89. The quantitative estimate of drug-likeness (QED) is 0.904. The summed E-state index contributed by atoms with van der Waals surface area (Å²) in [6.07, 6.45) is 1.57. The standard InChI is InChI=1S/C14H17N3O3S2/c1-10-4-5-12(8-11(10)2)22(19,20)17(3)9-13(18)16-14-15-6-7-21-14/h4-8H,9H2,1-3H3,(H,15,16,18). The molecule has 2 rings (SSSR count). The molecule has 1 aromatic carbocycles. The van der Waals surface area contributed by atoms with Crippen LogP contribution >= 0.6 is 11.3 Å². The number of rotatable bonds is 5. The summed E-state index contributed by atoms with van der Waals surface area (Å²) in [6, 6.07) is 4.92. The minimum Gasteiger partial charge on any atom is -0.301 e. The second-order valence-corrected chi connectivity index (χ2v) is 7.83. The molecule has 0 spiro atoms. The Balaban J connectivity index is 2.11. The fourth-order valence-electron chi connectivity index (χ4n) is 1.79. The first-order chi connectivity index (χ1) is 10.3. The summed E-state index contributed by atoms with van der Waals surface area (Å²) >= 11 is 1.27. The van der Waals surface area contributed by atoms with Gasteiger partial charge in [-0.3, -0.25) is 4.79 Å². The molecular formula is C14H17N3O3S2. The van der Waals surface area contributed by atoms with Crippen molar-refractivity contribution >= 4 is 32.4 Å². The molecule has 8 heteroatoms. The van der Waals surface area contributed by atoms with Crippen molar-refractivity contribution in [1.29, 1.82) is 0 Å². The van der Waals surface area contributed by atoms with Gasteiger partial charge in [0.1, 0.15) is 0 Å². The van der Waals surface area contributed by atoms with E-state index in [-0.39, 0.29) is 11.4 Å². The number of thiazole rings is 1. The molecule has 22 heavy (non-hydrogen) atoms. The molecule has 1 amide bonds. The Morgan fingerprint density at radius 2 is 2.05 bits per heavy atom. The van der Waals surface area contributed by atoms with Crippen LogP contribution in [0.5, 0.6) is 0 Å². The number of nitrogens with one attached hydrogen (secondary N) is 1. The van der Waals surface area contributed by atoms with Gasteiger partial charge in [0.15, 0.2) is 5.13 Å². The molecule has 1 aromatic heterocycles. The molecule has 0 atom stereocenters. The molecule has 118 valence electrons. The number of nitrogens with zero attached hydrogens (tertiary/aromatic N) is 2. The lowest BCUT2D eigenvalue weighted by Crippen LogP contribution is -2.35. The highest BCUT2D eigenvalue weighted by Gasteiger charge is 2.23. The van der Waals surface area contributed by atoms with E-state index in [0.717, 1.165) is 15.4 Å². The predicted molar refractivity (Wildman–Crippen MR) is 86.5 cm³/mol. The number of hydrogen-bond donors (Lipinski definition) is 1. The van der Waals surface area contributed by atoms with Crippen LogP contribution in [-0.4, -0.2) is 37.2 Å². The van der Waals surface area contributed by atoms with Gasteiger partial charge in [-0.25, -0.2) is 13.4 Å². The Hall–Kier alpha value is -1.77. The van der Waals surface area contributed by atoms with Crippen LogP contribution in [0.1, 0.15) is 11.1 Å². The lowest BCUT2D eigenvalue weighted by molar-refractivity contribution is -0.116. The van der Waals surface area contributed by atoms with Crippen LogP contribution in [0.3, 0.4) is 0 Å². The van der Waals surface area contributed by atoms with Crippen molar-refractivity contribution in [3.05, 3.63) is 40.9 Å². The zero-order valence-corrected chi connectivity index (χ0v) is 14.2. The number of benzene rings is 1. The molecule has 0 aliphatic heterocycles. The molecule has 0 aliphatic rings. The van der Waals surface area contributed by atoms with Crippen molar-refractivity contribution in [2.75, 3.05) is 18.9 Å². The first kappa shape index (κ1) is 16.6. The van der Waals surface area contributed by atoms with Gasteiger partial charge < -0.3 is 5.32 Å². The zero-order valence-electron chi connectivity index (χ0n) is 12.5. The van der Waals surface area contributed by atoms with Crippen molar-refractivity contribution in [3.8, 4) is 0 Å². The van der Waals surface area contributed by atoms with E-state index in [1.165, 1.54) is 18.4 Å². The van der Waals surface area contributed by atoms with Crippen LogP contribution < -0.4 is 5.32 Å². The van der Waals surface area contributed by atoms with E-state index in [1.54, 1.807) is 29.8 Å². The third-order valence-corrected chi connectivity index (χ3v) is 5.72. The fourth-order valence-corrected chi connectivity index (χ4v) is 3.54. The first-order valence-corrected chi connectivity index (χ1v) is 8.85. The number of amides is 1. The number of carbonyl (C=O) groups is 1. The van der Waals surface area contributed by atoms with Crippen LogP contribution in [0, 0.1) is 13.8 Å². The van der Waals surface area contributed by atoms with Gasteiger partial charge in [0, 0.05) is 18.6 Å². The van der Waals surface area contributed by atoms with E-state index in [1.807, 2.05) is 13.8 Å². The minimum atomic E-state index is -3.70. The largest absolute Gasteiger partial charge is 0.301 e. The Kier molecular flexibility index (Phi) is 4.94. The maximum atomic E-state index is 12.5. The van der Waals surface area contributed by atoms with E-state index < -0.39 is 15.9 Å². The van der Waals surface area contributed by atoms with E-state index in [9.17, 15) is 13.2 Å². The van der Waals surface area contributed by atoms with E-state index in [2.05, 4.69) is 10.3 Å². The monoisotopic (exact) mass is 339 g/mol. The molecule has 1 heterocycles. The van der Waals surface area contributed by atoms with Gasteiger partial charge in [0.2, 0.25) is 15.9 Å². The molecule has 2 aromatic rings. The van der Waals surface area contributed by atoms with Gasteiger partial charge in [0.05, 0.1) is 11.4 Å². The number of sulfonamides is 1. The molecule has 0 radical (unpaired) electrons. The SMILES string of the molecule is Cc1ccc(S(=O)(=O)N(C)CC(=O)Nc2nccs2)cc1C. The topological polar surface area (TPSA) is 79.4 Å². The Bertz CT molecular complexity index is 771. The minimum absolute atomic E-state index is 0.181. The van der Waals surface area contributed by atoms with Crippen molar-refractivity contribution in [2.45, 2.75) is 18.7 Å². The highest BCUT2D eigenvalue weighted by Crippen LogP contribution is 2.18. The van der Waals surface area contributed by atoms with Gasteiger partial charge in [-0.1, -0.05) is 6.07 Å².